The zero-order chi connectivity index (χ0) is 14.4. The molecule has 0 spiro atoms. The van der Waals surface area contributed by atoms with Crippen molar-refractivity contribution in [1.29, 1.82) is 0 Å². The molecule has 0 unspecified atom stereocenters. The van der Waals surface area contributed by atoms with E-state index in [1.54, 1.807) is 0 Å². The maximum absolute atomic E-state index is 11.5. The van der Waals surface area contributed by atoms with Gasteiger partial charge in [-0.25, -0.2) is 0 Å². The smallest absolute Gasteiger partial charge is 0.221 e. The fraction of sp³-hybridized carbons (Fsp3) is 0.588. The van der Waals surface area contributed by atoms with Crippen LogP contribution in [0, 0.1) is 5.92 Å². The minimum atomic E-state index is 0.173. The molecule has 1 amide bonds. The van der Waals surface area contributed by atoms with Crippen LogP contribution in [0.15, 0.2) is 24.3 Å². The lowest BCUT2D eigenvalue weighted by Crippen LogP contribution is -2.28. The Kier molecular flexibility index (Phi) is 5.60. The van der Waals surface area contributed by atoms with Gasteiger partial charge < -0.3 is 10.6 Å². The Morgan fingerprint density at radius 2 is 1.85 bits per heavy atom. The lowest BCUT2D eigenvalue weighted by atomic mass is 10.0. The minimum Gasteiger partial charge on any atom is -0.353 e. The first-order valence-corrected chi connectivity index (χ1v) is 7.71. The summed E-state index contributed by atoms with van der Waals surface area (Å²) in [4.78, 5) is 11.5. The van der Waals surface area contributed by atoms with Gasteiger partial charge in [0, 0.05) is 25.6 Å². The molecule has 3 nitrogen and oxygen atoms in total. The predicted molar refractivity (Wildman–Crippen MR) is 82.5 cm³/mol. The molecular formula is C17H26N2O. The molecule has 0 heterocycles. The topological polar surface area (TPSA) is 41.1 Å². The standard InChI is InChI=1S/C17H26N2O/c1-13(2)11-14-3-5-15(6-4-14)12-18-10-9-17(20)19-16-7-8-16/h3-6,13,16,18H,7-12H2,1-2H3,(H,19,20). The van der Waals surface area contributed by atoms with Gasteiger partial charge in [-0.2, -0.15) is 0 Å². The molecule has 0 aliphatic heterocycles. The summed E-state index contributed by atoms with van der Waals surface area (Å²) in [5, 5.41) is 6.32. The minimum absolute atomic E-state index is 0.173. The van der Waals surface area contributed by atoms with Crippen LogP contribution in [-0.2, 0) is 17.8 Å². The maximum atomic E-state index is 11.5. The Bertz CT molecular complexity index is 421. The zero-order valence-corrected chi connectivity index (χ0v) is 12.6. The third-order valence-electron chi connectivity index (χ3n) is 3.47. The molecule has 0 aromatic heterocycles. The number of amides is 1. The molecule has 2 rings (SSSR count). The summed E-state index contributed by atoms with van der Waals surface area (Å²) < 4.78 is 0. The van der Waals surface area contributed by atoms with E-state index >= 15 is 0 Å². The lowest BCUT2D eigenvalue weighted by molar-refractivity contribution is -0.121. The van der Waals surface area contributed by atoms with Crippen molar-refractivity contribution in [3.63, 3.8) is 0 Å². The molecule has 0 bridgehead atoms. The summed E-state index contributed by atoms with van der Waals surface area (Å²) >= 11 is 0. The number of hydrogen-bond donors (Lipinski definition) is 2. The van der Waals surface area contributed by atoms with Gasteiger partial charge in [0.2, 0.25) is 5.91 Å². The van der Waals surface area contributed by atoms with Crippen molar-refractivity contribution >= 4 is 5.91 Å². The number of nitrogens with one attached hydrogen (secondary N) is 2. The summed E-state index contributed by atoms with van der Waals surface area (Å²) in [6.07, 6.45) is 4.01. The normalized spacial score (nSPS) is 14.6. The van der Waals surface area contributed by atoms with E-state index in [2.05, 4.69) is 48.7 Å². The molecule has 20 heavy (non-hydrogen) atoms. The lowest BCUT2D eigenvalue weighted by Gasteiger charge is -2.08. The fourth-order valence-electron chi connectivity index (χ4n) is 2.23. The highest BCUT2D eigenvalue weighted by Gasteiger charge is 2.22. The molecular weight excluding hydrogens is 248 g/mol. The van der Waals surface area contributed by atoms with Crippen LogP contribution in [0.2, 0.25) is 0 Å². The molecule has 0 radical (unpaired) electrons. The van der Waals surface area contributed by atoms with Gasteiger partial charge in [-0.15, -0.1) is 0 Å². The Balaban J connectivity index is 1.62. The van der Waals surface area contributed by atoms with Crippen LogP contribution in [-0.4, -0.2) is 18.5 Å². The largest absolute Gasteiger partial charge is 0.353 e. The predicted octanol–water partition coefficient (Wildman–Crippen LogP) is 2.64. The maximum Gasteiger partial charge on any atom is 0.221 e. The van der Waals surface area contributed by atoms with Crippen molar-refractivity contribution in [1.82, 2.24) is 10.6 Å². The second kappa shape index (κ2) is 7.44. The third-order valence-corrected chi connectivity index (χ3v) is 3.47. The van der Waals surface area contributed by atoms with E-state index in [1.807, 2.05) is 0 Å². The third kappa shape index (κ3) is 5.74. The van der Waals surface area contributed by atoms with Gasteiger partial charge in [-0.05, 0) is 36.3 Å². The number of carbonyl (C=O) groups is 1. The highest BCUT2D eigenvalue weighted by Crippen LogP contribution is 2.18. The Labute approximate surface area is 122 Å². The zero-order valence-electron chi connectivity index (χ0n) is 12.6. The van der Waals surface area contributed by atoms with Crippen LogP contribution in [0.3, 0.4) is 0 Å². The van der Waals surface area contributed by atoms with E-state index in [0.717, 1.165) is 32.4 Å². The quantitative estimate of drug-likeness (QED) is 0.716. The molecule has 110 valence electrons. The van der Waals surface area contributed by atoms with Crippen LogP contribution in [0.1, 0.15) is 44.2 Å². The number of benzene rings is 1. The van der Waals surface area contributed by atoms with Crippen LogP contribution in [0.25, 0.3) is 0 Å². The van der Waals surface area contributed by atoms with Gasteiger partial charge in [0.15, 0.2) is 0 Å². The molecule has 3 heteroatoms. The van der Waals surface area contributed by atoms with E-state index in [1.165, 1.54) is 11.1 Å². The molecule has 1 aromatic rings. The summed E-state index contributed by atoms with van der Waals surface area (Å²) in [5.74, 6) is 0.872. The molecule has 0 saturated heterocycles. The van der Waals surface area contributed by atoms with Crippen LogP contribution >= 0.6 is 0 Å². The van der Waals surface area contributed by atoms with E-state index in [9.17, 15) is 4.79 Å². The number of rotatable bonds is 8. The van der Waals surface area contributed by atoms with Gasteiger partial charge >= 0.3 is 0 Å². The average Bonchev–Trinajstić information content (AvgIpc) is 3.20. The second-order valence-corrected chi connectivity index (χ2v) is 6.18. The van der Waals surface area contributed by atoms with Crippen molar-refractivity contribution in [3.05, 3.63) is 35.4 Å². The SMILES string of the molecule is CC(C)Cc1ccc(CNCCC(=O)NC2CC2)cc1. The van der Waals surface area contributed by atoms with Crippen LogP contribution in [0.4, 0.5) is 0 Å². The van der Waals surface area contributed by atoms with Crippen molar-refractivity contribution in [2.75, 3.05) is 6.54 Å². The van der Waals surface area contributed by atoms with Gasteiger partial charge in [-0.1, -0.05) is 38.1 Å². The highest BCUT2D eigenvalue weighted by molar-refractivity contribution is 5.76. The van der Waals surface area contributed by atoms with Crippen molar-refractivity contribution in [3.8, 4) is 0 Å². The molecule has 1 saturated carbocycles. The van der Waals surface area contributed by atoms with Gasteiger partial charge in [0.1, 0.15) is 0 Å². The number of hydrogen-bond acceptors (Lipinski definition) is 2. The molecule has 1 fully saturated rings. The summed E-state index contributed by atoms with van der Waals surface area (Å²) in [7, 11) is 0. The van der Waals surface area contributed by atoms with Crippen LogP contribution < -0.4 is 10.6 Å². The van der Waals surface area contributed by atoms with Crippen molar-refractivity contribution < 1.29 is 4.79 Å². The van der Waals surface area contributed by atoms with E-state index in [0.29, 0.717) is 18.4 Å². The highest BCUT2D eigenvalue weighted by atomic mass is 16.1. The monoisotopic (exact) mass is 274 g/mol. The fourth-order valence-corrected chi connectivity index (χ4v) is 2.23. The van der Waals surface area contributed by atoms with E-state index in [-0.39, 0.29) is 5.91 Å². The first-order valence-electron chi connectivity index (χ1n) is 7.71. The Morgan fingerprint density at radius 3 is 2.45 bits per heavy atom. The first kappa shape index (κ1) is 15.0. The molecule has 1 aliphatic rings. The van der Waals surface area contributed by atoms with Gasteiger partial charge in [-0.3, -0.25) is 4.79 Å². The van der Waals surface area contributed by atoms with Gasteiger partial charge in [0.25, 0.3) is 0 Å². The molecule has 2 N–H and O–H groups in total. The number of carbonyl (C=O) groups excluding carboxylic acids is 1. The Hall–Kier alpha value is -1.35. The molecule has 1 aromatic carbocycles. The molecule has 0 atom stereocenters. The van der Waals surface area contributed by atoms with Crippen molar-refractivity contribution in [2.24, 2.45) is 5.92 Å². The average molecular weight is 274 g/mol. The van der Waals surface area contributed by atoms with E-state index in [4.69, 9.17) is 0 Å². The van der Waals surface area contributed by atoms with Crippen molar-refractivity contribution in [2.45, 2.75) is 52.1 Å². The van der Waals surface area contributed by atoms with Crippen LogP contribution in [0.5, 0.6) is 0 Å². The Morgan fingerprint density at radius 1 is 1.20 bits per heavy atom. The first-order chi connectivity index (χ1) is 9.63. The molecule has 1 aliphatic carbocycles. The summed E-state index contributed by atoms with van der Waals surface area (Å²) in [5.41, 5.74) is 2.67. The second-order valence-electron chi connectivity index (χ2n) is 6.18. The summed E-state index contributed by atoms with van der Waals surface area (Å²) in [6.45, 7) is 6.05. The van der Waals surface area contributed by atoms with E-state index < -0.39 is 0 Å². The van der Waals surface area contributed by atoms with Gasteiger partial charge in [0.05, 0.1) is 0 Å². The summed E-state index contributed by atoms with van der Waals surface area (Å²) in [6, 6.07) is 9.23.